The summed E-state index contributed by atoms with van der Waals surface area (Å²) in [7, 11) is 0. The molecule has 0 N–H and O–H groups in total. The molecule has 0 unspecified atom stereocenters. The van der Waals surface area contributed by atoms with Crippen LogP contribution in [0.2, 0.25) is 0 Å². The van der Waals surface area contributed by atoms with Gasteiger partial charge in [0.2, 0.25) is 0 Å². The first-order valence-electron chi connectivity index (χ1n) is 15.7. The van der Waals surface area contributed by atoms with E-state index in [1.807, 2.05) is 0 Å². The van der Waals surface area contributed by atoms with Crippen LogP contribution in [0.15, 0.2) is 170 Å². The van der Waals surface area contributed by atoms with Crippen LogP contribution in [0.25, 0.3) is 77.2 Å². The molecule has 8 aromatic carbocycles. The van der Waals surface area contributed by atoms with Crippen LogP contribution in [-0.2, 0) is 6.42 Å². The minimum absolute atomic E-state index is 1.00. The summed E-state index contributed by atoms with van der Waals surface area (Å²) in [5, 5.41) is 5.11. The van der Waals surface area contributed by atoms with Gasteiger partial charge in [0, 0.05) is 0 Å². The van der Waals surface area contributed by atoms with Crippen molar-refractivity contribution in [2.75, 3.05) is 0 Å². The third-order valence-corrected chi connectivity index (χ3v) is 9.47. The second kappa shape index (κ2) is 10.5. The van der Waals surface area contributed by atoms with Crippen LogP contribution in [0, 0.1) is 0 Å². The molecular weight excluding hydrogens is 540 g/mol. The van der Waals surface area contributed by atoms with E-state index in [2.05, 4.69) is 170 Å². The van der Waals surface area contributed by atoms with Crippen LogP contribution >= 0.6 is 0 Å². The van der Waals surface area contributed by atoms with Gasteiger partial charge in [0.25, 0.3) is 0 Å². The van der Waals surface area contributed by atoms with Crippen LogP contribution in [0.3, 0.4) is 0 Å². The van der Waals surface area contributed by atoms with Gasteiger partial charge in [0.05, 0.1) is 0 Å². The Balaban J connectivity index is 1.28. The zero-order valence-corrected chi connectivity index (χ0v) is 24.9. The maximum Gasteiger partial charge on any atom is -0.00132 e. The first-order chi connectivity index (χ1) is 22.3. The molecule has 1 aliphatic carbocycles. The first-order valence-corrected chi connectivity index (χ1v) is 15.7. The predicted octanol–water partition coefficient (Wildman–Crippen LogP) is 12.2. The molecule has 8 aromatic rings. The molecule has 0 saturated heterocycles. The topological polar surface area (TPSA) is 0 Å². The largest absolute Gasteiger partial charge is 0.0622 e. The molecule has 0 radical (unpaired) electrons. The maximum atomic E-state index is 2.42. The summed E-state index contributed by atoms with van der Waals surface area (Å²) in [5.74, 6) is 0. The van der Waals surface area contributed by atoms with Crippen molar-refractivity contribution in [3.05, 3.63) is 181 Å². The van der Waals surface area contributed by atoms with E-state index in [0.29, 0.717) is 0 Å². The van der Waals surface area contributed by atoms with Gasteiger partial charge in [0.15, 0.2) is 0 Å². The number of rotatable bonds is 4. The predicted molar refractivity (Wildman–Crippen MR) is 191 cm³/mol. The van der Waals surface area contributed by atoms with Crippen molar-refractivity contribution in [2.24, 2.45) is 0 Å². The third kappa shape index (κ3) is 4.22. The average Bonchev–Trinajstić information content (AvgIpc) is 3.50. The van der Waals surface area contributed by atoms with Gasteiger partial charge in [-0.2, -0.15) is 0 Å². The van der Waals surface area contributed by atoms with Gasteiger partial charge in [-0.3, -0.25) is 0 Å². The Morgan fingerprint density at radius 1 is 0.267 bits per heavy atom. The SMILES string of the molecule is c1ccc(-c2c3ccccc3c(-c3ccccc3)c3cc(-c4cccc(-c5cccc6c5-c5ccccc5C6)c4)ccc23)cc1. The van der Waals surface area contributed by atoms with Gasteiger partial charge in [0.1, 0.15) is 0 Å². The third-order valence-electron chi connectivity index (χ3n) is 9.47. The second-order valence-corrected chi connectivity index (χ2v) is 12.0. The van der Waals surface area contributed by atoms with Gasteiger partial charge < -0.3 is 0 Å². The minimum Gasteiger partial charge on any atom is -0.0622 e. The highest BCUT2D eigenvalue weighted by Crippen LogP contribution is 2.46. The highest BCUT2D eigenvalue weighted by atomic mass is 14.3. The smallest absolute Gasteiger partial charge is 0.00132 e. The zero-order valence-electron chi connectivity index (χ0n) is 24.9. The lowest BCUT2D eigenvalue weighted by atomic mass is 9.84. The summed E-state index contributed by atoms with van der Waals surface area (Å²) in [4.78, 5) is 0. The molecule has 0 amide bonds. The van der Waals surface area contributed by atoms with E-state index in [0.717, 1.165) is 6.42 Å². The van der Waals surface area contributed by atoms with Gasteiger partial charge in [-0.05, 0) is 107 Å². The molecule has 0 bridgehead atoms. The minimum atomic E-state index is 1.00. The van der Waals surface area contributed by atoms with Crippen molar-refractivity contribution < 1.29 is 0 Å². The molecule has 0 atom stereocenters. The lowest BCUT2D eigenvalue weighted by Crippen LogP contribution is -1.92. The fourth-order valence-electron chi connectivity index (χ4n) is 7.49. The maximum absolute atomic E-state index is 2.42. The normalized spacial score (nSPS) is 11.9. The molecule has 0 heteroatoms. The van der Waals surface area contributed by atoms with Crippen molar-refractivity contribution in [3.8, 4) is 55.6 Å². The molecule has 210 valence electrons. The van der Waals surface area contributed by atoms with Crippen LogP contribution in [-0.4, -0.2) is 0 Å². The summed E-state index contributed by atoms with van der Waals surface area (Å²) in [6.45, 7) is 0. The average molecular weight is 571 g/mol. The summed E-state index contributed by atoms with van der Waals surface area (Å²) >= 11 is 0. The van der Waals surface area contributed by atoms with E-state index in [4.69, 9.17) is 0 Å². The number of hydrogen-bond donors (Lipinski definition) is 0. The fraction of sp³-hybridized carbons (Fsp3) is 0.0222. The van der Waals surface area contributed by atoms with Gasteiger partial charge in [-0.15, -0.1) is 0 Å². The van der Waals surface area contributed by atoms with Crippen molar-refractivity contribution >= 4 is 21.5 Å². The van der Waals surface area contributed by atoms with Crippen LogP contribution in [0.1, 0.15) is 11.1 Å². The fourth-order valence-corrected chi connectivity index (χ4v) is 7.49. The molecule has 1 aliphatic rings. The molecule has 0 fully saturated rings. The Kier molecular flexibility index (Phi) is 5.99. The summed E-state index contributed by atoms with van der Waals surface area (Å²) in [5.41, 5.74) is 15.7. The van der Waals surface area contributed by atoms with Crippen LogP contribution < -0.4 is 0 Å². The first kappa shape index (κ1) is 25.7. The van der Waals surface area contributed by atoms with Crippen LogP contribution in [0.5, 0.6) is 0 Å². The van der Waals surface area contributed by atoms with Gasteiger partial charge >= 0.3 is 0 Å². The monoisotopic (exact) mass is 570 g/mol. The van der Waals surface area contributed by atoms with Crippen molar-refractivity contribution in [2.45, 2.75) is 6.42 Å². The molecule has 0 saturated carbocycles. The van der Waals surface area contributed by atoms with E-state index in [1.54, 1.807) is 0 Å². The molecule has 0 nitrogen and oxygen atoms in total. The molecule has 0 aliphatic heterocycles. The van der Waals surface area contributed by atoms with E-state index >= 15 is 0 Å². The lowest BCUT2D eigenvalue weighted by molar-refractivity contribution is 1.26. The number of hydrogen-bond acceptors (Lipinski definition) is 0. The van der Waals surface area contributed by atoms with E-state index < -0.39 is 0 Å². The molecule has 0 spiro atoms. The Bertz CT molecular complexity index is 2380. The van der Waals surface area contributed by atoms with Gasteiger partial charge in [-0.1, -0.05) is 158 Å². The highest BCUT2D eigenvalue weighted by molar-refractivity contribution is 6.22. The zero-order chi connectivity index (χ0) is 29.7. The molecule has 9 rings (SSSR count). The standard InChI is InChI=1S/C45H30/c1-3-13-30(14-4-1)43-39-22-9-10-23-40(39)44(31-15-5-2-6-16-31)42-29-33(25-26-41(42)43)32-18-11-19-35(27-32)38-24-12-20-36-28-34-17-7-8-21-37(34)45(36)38/h1-27,29H,28H2. The molecule has 45 heavy (non-hydrogen) atoms. The van der Waals surface area contributed by atoms with E-state index in [-0.39, 0.29) is 0 Å². The van der Waals surface area contributed by atoms with E-state index in [1.165, 1.54) is 88.3 Å². The molecule has 0 aromatic heterocycles. The lowest BCUT2D eigenvalue weighted by Gasteiger charge is -2.19. The Morgan fingerprint density at radius 3 is 1.53 bits per heavy atom. The molecular formula is C45H30. The van der Waals surface area contributed by atoms with Crippen molar-refractivity contribution in [1.29, 1.82) is 0 Å². The summed E-state index contributed by atoms with van der Waals surface area (Å²) < 4.78 is 0. The summed E-state index contributed by atoms with van der Waals surface area (Å²) in [6, 6.07) is 62.4. The number of benzene rings is 8. The van der Waals surface area contributed by atoms with E-state index in [9.17, 15) is 0 Å². The second-order valence-electron chi connectivity index (χ2n) is 12.0. The number of fused-ring (bicyclic) bond motifs is 5. The van der Waals surface area contributed by atoms with Crippen molar-refractivity contribution in [1.82, 2.24) is 0 Å². The highest BCUT2D eigenvalue weighted by Gasteiger charge is 2.22. The Labute approximate surface area is 263 Å². The molecule has 0 heterocycles. The Morgan fingerprint density at radius 2 is 0.778 bits per heavy atom. The van der Waals surface area contributed by atoms with Crippen molar-refractivity contribution in [3.63, 3.8) is 0 Å². The van der Waals surface area contributed by atoms with Crippen LogP contribution in [0.4, 0.5) is 0 Å². The summed E-state index contributed by atoms with van der Waals surface area (Å²) in [6.07, 6.45) is 1.00. The quantitative estimate of drug-likeness (QED) is 0.185. The van der Waals surface area contributed by atoms with Gasteiger partial charge in [-0.25, -0.2) is 0 Å². The Hall–Kier alpha value is -5.72.